The van der Waals surface area contributed by atoms with Crippen LogP contribution in [0, 0.1) is 6.92 Å². The summed E-state index contributed by atoms with van der Waals surface area (Å²) in [5.74, 6) is 0.00389. The van der Waals surface area contributed by atoms with Crippen LogP contribution in [-0.2, 0) is 26.2 Å². The number of aryl methyl sites for hydroxylation is 1. The first-order valence-electron chi connectivity index (χ1n) is 12.7. The smallest absolute Gasteiger partial charge is 0.244 e. The molecule has 0 radical (unpaired) electrons. The second kappa shape index (κ2) is 12.3. The molecule has 0 unspecified atom stereocenters. The van der Waals surface area contributed by atoms with Gasteiger partial charge in [0.25, 0.3) is 0 Å². The lowest BCUT2D eigenvalue weighted by molar-refractivity contribution is -0.140. The highest BCUT2D eigenvalue weighted by Gasteiger charge is 2.33. The number of rotatable bonds is 12. The third kappa shape index (κ3) is 6.74. The average Bonchev–Trinajstić information content (AvgIpc) is 3.35. The molecule has 2 atom stereocenters. The van der Waals surface area contributed by atoms with Crippen LogP contribution < -0.4 is 19.1 Å². The summed E-state index contributed by atoms with van der Waals surface area (Å²) < 4.78 is 38.1. The molecule has 9 nitrogen and oxygen atoms in total. The number of sulfonamides is 1. The first-order chi connectivity index (χ1) is 17.6. The van der Waals surface area contributed by atoms with E-state index < -0.39 is 28.5 Å². The molecule has 2 aromatic rings. The largest absolute Gasteiger partial charge is 0.454 e. The summed E-state index contributed by atoms with van der Waals surface area (Å²) in [7, 11) is -3.83. The van der Waals surface area contributed by atoms with Crippen LogP contribution in [0.3, 0.4) is 0 Å². The van der Waals surface area contributed by atoms with E-state index >= 15 is 0 Å². The topological polar surface area (TPSA) is 105 Å². The van der Waals surface area contributed by atoms with Crippen LogP contribution in [0.5, 0.6) is 11.5 Å². The lowest BCUT2D eigenvalue weighted by Crippen LogP contribution is -2.53. The van der Waals surface area contributed by atoms with Crippen molar-refractivity contribution < 1.29 is 27.5 Å². The molecular weight excluding hydrogens is 494 g/mol. The van der Waals surface area contributed by atoms with Gasteiger partial charge < -0.3 is 19.7 Å². The number of fused-ring (bicyclic) bond motifs is 1. The fourth-order valence-electron chi connectivity index (χ4n) is 4.09. The van der Waals surface area contributed by atoms with Gasteiger partial charge in [-0.25, -0.2) is 8.42 Å². The summed E-state index contributed by atoms with van der Waals surface area (Å²) in [5.41, 5.74) is 2.16. The normalized spacial score (nSPS) is 14.1. The second-order valence-corrected chi connectivity index (χ2v) is 11.3. The van der Waals surface area contributed by atoms with Gasteiger partial charge >= 0.3 is 0 Å². The van der Waals surface area contributed by atoms with Crippen molar-refractivity contribution in [3.8, 4) is 11.5 Å². The van der Waals surface area contributed by atoms with Gasteiger partial charge in [-0.1, -0.05) is 38.1 Å². The molecule has 0 fully saturated rings. The Morgan fingerprint density at radius 2 is 1.73 bits per heavy atom. The van der Waals surface area contributed by atoms with Crippen LogP contribution in [0.25, 0.3) is 0 Å². The highest BCUT2D eigenvalue weighted by molar-refractivity contribution is 7.92. The number of hydrogen-bond acceptors (Lipinski definition) is 6. The van der Waals surface area contributed by atoms with Crippen LogP contribution in [0.15, 0.2) is 42.5 Å². The molecule has 2 amide bonds. The molecule has 202 valence electrons. The van der Waals surface area contributed by atoms with E-state index in [1.165, 1.54) is 11.8 Å². The predicted octanol–water partition coefficient (Wildman–Crippen LogP) is 3.60. The molecule has 0 aliphatic carbocycles. The minimum atomic E-state index is -3.83. The fourth-order valence-corrected chi connectivity index (χ4v) is 5.15. The zero-order chi connectivity index (χ0) is 27.2. The Morgan fingerprint density at radius 1 is 1.03 bits per heavy atom. The van der Waals surface area contributed by atoms with E-state index in [4.69, 9.17) is 9.47 Å². The predicted molar refractivity (Wildman–Crippen MR) is 143 cm³/mol. The lowest BCUT2D eigenvalue weighted by atomic mass is 10.1. The number of benzene rings is 2. The number of carbonyl (C=O) groups excluding carboxylic acids is 2. The zero-order valence-corrected chi connectivity index (χ0v) is 23.0. The Labute approximate surface area is 219 Å². The molecule has 1 N–H and O–H groups in total. The Morgan fingerprint density at radius 3 is 2.38 bits per heavy atom. The number of nitrogens with one attached hydrogen (secondary N) is 1. The Balaban J connectivity index is 1.98. The van der Waals surface area contributed by atoms with E-state index in [0.717, 1.165) is 21.9 Å². The van der Waals surface area contributed by atoms with Crippen molar-refractivity contribution in [1.29, 1.82) is 0 Å². The second-order valence-electron chi connectivity index (χ2n) is 9.13. The number of amides is 2. The fraction of sp³-hybridized carbons (Fsp3) is 0.481. The molecule has 37 heavy (non-hydrogen) atoms. The number of anilines is 1. The SMILES string of the molecule is CC[C@H](C(=O)N[C@@H](C)CC)N(Cc1ccccc1C)C(=O)CN(c1ccc2c(c1)OCO2)S(=O)(=O)CC. The maximum absolute atomic E-state index is 13.9. The summed E-state index contributed by atoms with van der Waals surface area (Å²) in [6.07, 6.45) is 1.13. The standard InChI is InChI=1S/C27H37N3O6S/c1-6-20(5)28-27(32)23(7-2)29(16-21-12-10-9-11-19(21)4)26(31)17-30(37(33,34)8-3)22-13-14-24-25(15-22)36-18-35-24/h9-15,20,23H,6-8,16-18H2,1-5H3,(H,28,32)/t20-,23+/m0/s1. The molecule has 0 saturated carbocycles. The lowest BCUT2D eigenvalue weighted by Gasteiger charge is -2.34. The highest BCUT2D eigenvalue weighted by atomic mass is 32.2. The van der Waals surface area contributed by atoms with E-state index in [-0.39, 0.29) is 31.0 Å². The molecule has 0 spiro atoms. The summed E-state index contributed by atoms with van der Waals surface area (Å²) in [6.45, 7) is 8.98. The molecule has 1 aliphatic rings. The molecule has 1 aliphatic heterocycles. The number of hydrogen-bond donors (Lipinski definition) is 1. The van der Waals surface area contributed by atoms with E-state index in [1.807, 2.05) is 52.0 Å². The van der Waals surface area contributed by atoms with Gasteiger partial charge in [0.15, 0.2) is 11.5 Å². The summed E-state index contributed by atoms with van der Waals surface area (Å²) in [4.78, 5) is 28.6. The summed E-state index contributed by atoms with van der Waals surface area (Å²) >= 11 is 0. The highest BCUT2D eigenvalue weighted by Crippen LogP contribution is 2.36. The van der Waals surface area contributed by atoms with Crippen molar-refractivity contribution in [3.63, 3.8) is 0 Å². The van der Waals surface area contributed by atoms with Crippen molar-refractivity contribution in [1.82, 2.24) is 10.2 Å². The van der Waals surface area contributed by atoms with Crippen molar-refractivity contribution in [3.05, 3.63) is 53.6 Å². The van der Waals surface area contributed by atoms with Gasteiger partial charge in [0.05, 0.1) is 11.4 Å². The number of ether oxygens (including phenoxy) is 2. The molecule has 0 aromatic heterocycles. The minimum Gasteiger partial charge on any atom is -0.454 e. The molecular formula is C27H37N3O6S. The average molecular weight is 532 g/mol. The maximum Gasteiger partial charge on any atom is 0.244 e. The molecule has 1 heterocycles. The quantitative estimate of drug-likeness (QED) is 0.449. The van der Waals surface area contributed by atoms with Crippen LogP contribution in [0.2, 0.25) is 0 Å². The molecule has 10 heteroatoms. The van der Waals surface area contributed by atoms with E-state index in [0.29, 0.717) is 23.6 Å². The third-order valence-electron chi connectivity index (χ3n) is 6.61. The Bertz CT molecular complexity index is 1220. The van der Waals surface area contributed by atoms with Crippen LogP contribution in [0.1, 0.15) is 51.7 Å². The maximum atomic E-state index is 13.9. The van der Waals surface area contributed by atoms with Crippen LogP contribution in [0.4, 0.5) is 5.69 Å². The van der Waals surface area contributed by atoms with Crippen LogP contribution in [-0.4, -0.2) is 56.3 Å². The summed E-state index contributed by atoms with van der Waals surface area (Å²) in [5, 5.41) is 2.98. The molecule has 3 rings (SSSR count). The van der Waals surface area contributed by atoms with Crippen molar-refractivity contribution in [2.45, 2.75) is 66.1 Å². The number of nitrogens with zero attached hydrogens (tertiary/aromatic N) is 2. The van der Waals surface area contributed by atoms with Gasteiger partial charge in [-0.2, -0.15) is 0 Å². The van der Waals surface area contributed by atoms with Gasteiger partial charge in [-0.15, -0.1) is 0 Å². The van der Waals surface area contributed by atoms with Gasteiger partial charge in [0, 0.05) is 18.7 Å². The van der Waals surface area contributed by atoms with Crippen molar-refractivity contribution in [2.75, 3.05) is 23.4 Å². The third-order valence-corrected chi connectivity index (χ3v) is 8.35. The van der Waals surface area contributed by atoms with Crippen molar-refractivity contribution >= 4 is 27.5 Å². The van der Waals surface area contributed by atoms with Crippen LogP contribution >= 0.6 is 0 Å². The molecule has 0 bridgehead atoms. The van der Waals surface area contributed by atoms with E-state index in [2.05, 4.69) is 5.32 Å². The van der Waals surface area contributed by atoms with E-state index in [9.17, 15) is 18.0 Å². The molecule has 2 aromatic carbocycles. The monoisotopic (exact) mass is 531 g/mol. The molecule has 0 saturated heterocycles. The van der Waals surface area contributed by atoms with Gasteiger partial charge in [0.2, 0.25) is 28.6 Å². The van der Waals surface area contributed by atoms with Crippen molar-refractivity contribution in [2.24, 2.45) is 0 Å². The van der Waals surface area contributed by atoms with E-state index in [1.54, 1.807) is 18.2 Å². The van der Waals surface area contributed by atoms with Gasteiger partial charge in [-0.3, -0.25) is 13.9 Å². The summed E-state index contributed by atoms with van der Waals surface area (Å²) in [6, 6.07) is 11.6. The first kappa shape index (κ1) is 28.3. The Hall–Kier alpha value is -3.27. The zero-order valence-electron chi connectivity index (χ0n) is 22.2. The number of carbonyl (C=O) groups is 2. The minimum absolute atomic E-state index is 0.0475. The first-order valence-corrected chi connectivity index (χ1v) is 14.3. The van der Waals surface area contributed by atoms with Gasteiger partial charge in [0.1, 0.15) is 12.6 Å². The Kier molecular flexibility index (Phi) is 9.42. The van der Waals surface area contributed by atoms with Gasteiger partial charge in [-0.05, 0) is 56.9 Å².